The van der Waals surface area contributed by atoms with Crippen molar-refractivity contribution in [2.45, 2.75) is 51.7 Å². The van der Waals surface area contributed by atoms with Gasteiger partial charge in [-0.2, -0.15) is 0 Å². The molecule has 1 unspecified atom stereocenters. The van der Waals surface area contributed by atoms with Crippen molar-refractivity contribution in [3.05, 3.63) is 29.3 Å². The molecular formula is C18H28N2O3. The predicted octanol–water partition coefficient (Wildman–Crippen LogP) is 3.19. The molecule has 0 aromatic heterocycles. The summed E-state index contributed by atoms with van der Waals surface area (Å²) in [7, 11) is 1.65. The molecule has 1 aliphatic heterocycles. The number of benzene rings is 1. The molecule has 23 heavy (non-hydrogen) atoms. The number of aryl methyl sites for hydroxylation is 1. The molecule has 1 aromatic rings. The van der Waals surface area contributed by atoms with Crippen LogP contribution in [0.5, 0.6) is 5.75 Å². The van der Waals surface area contributed by atoms with Crippen LogP contribution in [0.15, 0.2) is 18.2 Å². The topological polar surface area (TPSA) is 64.8 Å². The van der Waals surface area contributed by atoms with Crippen LogP contribution in [-0.2, 0) is 10.3 Å². The Morgan fingerprint density at radius 1 is 1.35 bits per heavy atom. The first-order valence-electron chi connectivity index (χ1n) is 8.06. The molecule has 1 fully saturated rings. The minimum absolute atomic E-state index is 0.293. The van der Waals surface area contributed by atoms with Gasteiger partial charge in [0.2, 0.25) is 0 Å². The van der Waals surface area contributed by atoms with Gasteiger partial charge in [0.1, 0.15) is 11.4 Å². The summed E-state index contributed by atoms with van der Waals surface area (Å²) in [6.45, 7) is 8.80. The van der Waals surface area contributed by atoms with Gasteiger partial charge in [0, 0.05) is 13.1 Å². The van der Waals surface area contributed by atoms with Crippen LogP contribution in [0.25, 0.3) is 0 Å². The van der Waals surface area contributed by atoms with Crippen molar-refractivity contribution < 1.29 is 14.3 Å². The van der Waals surface area contributed by atoms with Crippen molar-refractivity contribution in [1.82, 2.24) is 4.90 Å². The number of amides is 1. The molecule has 0 saturated carbocycles. The highest BCUT2D eigenvalue weighted by atomic mass is 16.6. The van der Waals surface area contributed by atoms with Crippen molar-refractivity contribution in [2.75, 3.05) is 20.2 Å². The molecule has 0 spiro atoms. The van der Waals surface area contributed by atoms with Gasteiger partial charge in [-0.15, -0.1) is 0 Å². The molecule has 1 aromatic carbocycles. The maximum atomic E-state index is 12.3. The number of carbonyl (C=O) groups is 1. The molecule has 1 saturated heterocycles. The minimum atomic E-state index is -0.550. The summed E-state index contributed by atoms with van der Waals surface area (Å²) < 4.78 is 10.7. The number of rotatable bonds is 2. The zero-order valence-electron chi connectivity index (χ0n) is 14.8. The molecule has 1 atom stereocenters. The fraction of sp³-hybridized carbons (Fsp3) is 0.611. The summed E-state index contributed by atoms with van der Waals surface area (Å²) in [6.07, 6.45) is 1.42. The zero-order chi connectivity index (χ0) is 17.3. The molecule has 5 heteroatoms. The van der Waals surface area contributed by atoms with Crippen LogP contribution in [0.3, 0.4) is 0 Å². The van der Waals surface area contributed by atoms with E-state index in [1.165, 1.54) is 0 Å². The molecule has 5 nitrogen and oxygen atoms in total. The number of methoxy groups -OCH3 is 1. The van der Waals surface area contributed by atoms with Gasteiger partial charge >= 0.3 is 6.09 Å². The van der Waals surface area contributed by atoms with E-state index in [1.807, 2.05) is 45.9 Å². The minimum Gasteiger partial charge on any atom is -0.497 e. The Morgan fingerprint density at radius 3 is 2.61 bits per heavy atom. The second-order valence-electron chi connectivity index (χ2n) is 7.34. The SMILES string of the molecule is COc1ccc(C2(N)CCCN(C(=O)OC(C)(C)C)C2)c(C)c1. The van der Waals surface area contributed by atoms with E-state index >= 15 is 0 Å². The Hall–Kier alpha value is -1.75. The summed E-state index contributed by atoms with van der Waals surface area (Å²) in [5.41, 5.74) is 7.77. The van der Waals surface area contributed by atoms with Gasteiger partial charge in [-0.05, 0) is 63.8 Å². The Labute approximate surface area is 138 Å². The number of ether oxygens (including phenoxy) is 2. The number of carbonyl (C=O) groups excluding carboxylic acids is 1. The molecule has 0 radical (unpaired) electrons. The van der Waals surface area contributed by atoms with Gasteiger partial charge in [0.15, 0.2) is 0 Å². The van der Waals surface area contributed by atoms with Crippen LogP contribution in [0.1, 0.15) is 44.7 Å². The van der Waals surface area contributed by atoms with Gasteiger partial charge in [0.25, 0.3) is 0 Å². The summed E-state index contributed by atoms with van der Waals surface area (Å²) in [6, 6.07) is 5.91. The summed E-state index contributed by atoms with van der Waals surface area (Å²) in [5, 5.41) is 0. The van der Waals surface area contributed by atoms with Crippen molar-refractivity contribution in [3.8, 4) is 5.75 Å². The first-order valence-corrected chi connectivity index (χ1v) is 8.06. The van der Waals surface area contributed by atoms with Crippen molar-refractivity contribution in [2.24, 2.45) is 5.73 Å². The molecule has 1 heterocycles. The number of hydrogen-bond donors (Lipinski definition) is 1. The standard InChI is InChI=1S/C18H28N2O3/c1-13-11-14(22-5)7-8-15(13)18(19)9-6-10-20(12-18)16(21)23-17(2,3)4/h7-8,11H,6,9-10,12,19H2,1-5H3. The highest BCUT2D eigenvalue weighted by molar-refractivity contribution is 5.68. The lowest BCUT2D eigenvalue weighted by Gasteiger charge is -2.41. The molecule has 1 amide bonds. The van der Waals surface area contributed by atoms with Crippen LogP contribution in [0.2, 0.25) is 0 Å². The van der Waals surface area contributed by atoms with Crippen molar-refractivity contribution in [1.29, 1.82) is 0 Å². The van der Waals surface area contributed by atoms with Crippen LogP contribution in [0.4, 0.5) is 4.79 Å². The molecule has 0 aliphatic carbocycles. The summed E-state index contributed by atoms with van der Waals surface area (Å²) in [5.74, 6) is 0.814. The van der Waals surface area contributed by atoms with Gasteiger partial charge in [-0.1, -0.05) is 6.07 Å². The average Bonchev–Trinajstić information content (AvgIpc) is 2.45. The smallest absolute Gasteiger partial charge is 0.410 e. The third-order valence-electron chi connectivity index (χ3n) is 4.15. The van der Waals surface area contributed by atoms with E-state index in [2.05, 4.69) is 0 Å². The molecule has 128 valence electrons. The monoisotopic (exact) mass is 320 g/mol. The highest BCUT2D eigenvalue weighted by Crippen LogP contribution is 2.33. The van der Waals surface area contributed by atoms with E-state index in [0.29, 0.717) is 13.1 Å². The zero-order valence-corrected chi connectivity index (χ0v) is 14.8. The Balaban J connectivity index is 2.20. The van der Waals surface area contributed by atoms with Gasteiger partial charge < -0.3 is 20.1 Å². The fourth-order valence-corrected chi connectivity index (χ4v) is 3.11. The van der Waals surface area contributed by atoms with Crippen molar-refractivity contribution >= 4 is 6.09 Å². The quantitative estimate of drug-likeness (QED) is 0.909. The van der Waals surface area contributed by atoms with E-state index in [9.17, 15) is 4.79 Å². The molecule has 2 N–H and O–H groups in total. The Morgan fingerprint density at radius 2 is 2.04 bits per heavy atom. The first-order chi connectivity index (χ1) is 10.6. The third kappa shape index (κ3) is 4.16. The number of likely N-dealkylation sites (tertiary alicyclic amines) is 1. The van der Waals surface area contributed by atoms with Gasteiger partial charge in [-0.3, -0.25) is 0 Å². The summed E-state index contributed by atoms with van der Waals surface area (Å²) in [4.78, 5) is 14.1. The second kappa shape index (κ2) is 6.40. The Kier molecular flexibility index (Phi) is 4.90. The number of nitrogens with zero attached hydrogens (tertiary/aromatic N) is 1. The van der Waals surface area contributed by atoms with E-state index < -0.39 is 11.1 Å². The maximum Gasteiger partial charge on any atom is 0.410 e. The second-order valence-corrected chi connectivity index (χ2v) is 7.34. The molecular weight excluding hydrogens is 292 g/mol. The van der Waals surface area contributed by atoms with Crippen LogP contribution < -0.4 is 10.5 Å². The van der Waals surface area contributed by atoms with Crippen LogP contribution in [-0.4, -0.2) is 36.8 Å². The number of hydrogen-bond acceptors (Lipinski definition) is 4. The van der Waals surface area contributed by atoms with Crippen LogP contribution >= 0.6 is 0 Å². The normalized spacial score (nSPS) is 21.9. The van der Waals surface area contributed by atoms with Crippen molar-refractivity contribution in [3.63, 3.8) is 0 Å². The van der Waals surface area contributed by atoms with E-state index in [4.69, 9.17) is 15.2 Å². The van der Waals surface area contributed by atoms with Crippen LogP contribution in [0, 0.1) is 6.92 Å². The van der Waals surface area contributed by atoms with Gasteiger partial charge in [-0.25, -0.2) is 4.79 Å². The molecule has 0 bridgehead atoms. The predicted molar refractivity (Wildman–Crippen MR) is 90.6 cm³/mol. The molecule has 2 rings (SSSR count). The van der Waals surface area contributed by atoms with Gasteiger partial charge in [0.05, 0.1) is 12.6 Å². The molecule has 1 aliphatic rings. The lowest BCUT2D eigenvalue weighted by Crippen LogP contribution is -2.54. The van der Waals surface area contributed by atoms with E-state index in [-0.39, 0.29) is 6.09 Å². The number of piperidine rings is 1. The average molecular weight is 320 g/mol. The third-order valence-corrected chi connectivity index (χ3v) is 4.15. The van der Waals surface area contributed by atoms with E-state index in [0.717, 1.165) is 29.7 Å². The lowest BCUT2D eigenvalue weighted by atomic mass is 9.81. The number of nitrogens with two attached hydrogens (primary N) is 1. The largest absolute Gasteiger partial charge is 0.497 e. The maximum absolute atomic E-state index is 12.3. The summed E-state index contributed by atoms with van der Waals surface area (Å²) >= 11 is 0. The highest BCUT2D eigenvalue weighted by Gasteiger charge is 2.37. The van der Waals surface area contributed by atoms with E-state index in [1.54, 1.807) is 12.0 Å². The first kappa shape index (κ1) is 17.6. The fourth-order valence-electron chi connectivity index (χ4n) is 3.11. The lowest BCUT2D eigenvalue weighted by molar-refractivity contribution is 0.0137. The Bertz CT molecular complexity index is 580.